The third-order valence-electron chi connectivity index (χ3n) is 2.80. The summed E-state index contributed by atoms with van der Waals surface area (Å²) < 4.78 is 12.5. The van der Waals surface area contributed by atoms with Crippen molar-refractivity contribution in [2.75, 3.05) is 0 Å². The van der Waals surface area contributed by atoms with E-state index >= 15 is 0 Å². The minimum atomic E-state index is 0.409. The number of aryl methyl sites for hydroxylation is 1. The number of nitrogens with zero attached hydrogens (tertiary/aromatic N) is 1. The van der Waals surface area contributed by atoms with Crippen LogP contribution in [0.4, 0.5) is 0 Å². The van der Waals surface area contributed by atoms with Crippen molar-refractivity contribution in [3.05, 3.63) is 57.7 Å². The molecule has 0 amide bonds. The van der Waals surface area contributed by atoms with Crippen LogP contribution in [0.1, 0.15) is 11.5 Å². The van der Waals surface area contributed by atoms with Gasteiger partial charge in [0, 0.05) is 0 Å². The quantitative estimate of drug-likeness (QED) is 0.660. The lowest BCUT2D eigenvalue weighted by Gasteiger charge is -2.03. The summed E-state index contributed by atoms with van der Waals surface area (Å²) in [5.41, 5.74) is 0.827. The third-order valence-corrected chi connectivity index (χ3v) is 4.41. The van der Waals surface area contributed by atoms with Crippen LogP contribution < -0.4 is 4.74 Å². The number of para-hydroxylation sites is 1. The van der Waals surface area contributed by atoms with Crippen LogP contribution in [0.15, 0.2) is 50.7 Å². The van der Waals surface area contributed by atoms with E-state index in [1.54, 1.807) is 11.3 Å². The molecule has 3 nitrogen and oxygen atoms in total. The van der Waals surface area contributed by atoms with Crippen molar-refractivity contribution in [2.45, 2.75) is 13.5 Å². The van der Waals surface area contributed by atoms with Gasteiger partial charge in [-0.15, -0.1) is 11.3 Å². The van der Waals surface area contributed by atoms with Gasteiger partial charge in [0.1, 0.15) is 23.8 Å². The molecular weight excluding hydrogens is 338 g/mol. The molecule has 0 aliphatic carbocycles. The van der Waals surface area contributed by atoms with Crippen LogP contribution in [0.3, 0.4) is 0 Å². The molecular formula is C15H12BrNO2S. The average molecular weight is 350 g/mol. The molecule has 0 aliphatic heterocycles. The van der Waals surface area contributed by atoms with Crippen LogP contribution in [-0.2, 0) is 6.61 Å². The minimum absolute atomic E-state index is 0.409. The van der Waals surface area contributed by atoms with Gasteiger partial charge in [-0.1, -0.05) is 18.2 Å². The normalized spacial score (nSPS) is 10.7. The number of ether oxygens (including phenoxy) is 1. The van der Waals surface area contributed by atoms with Crippen molar-refractivity contribution in [1.29, 1.82) is 0 Å². The molecule has 0 spiro atoms. The Hall–Kier alpha value is -1.59. The van der Waals surface area contributed by atoms with Crippen molar-refractivity contribution in [2.24, 2.45) is 0 Å². The molecule has 102 valence electrons. The Morgan fingerprint density at radius 1 is 1.20 bits per heavy atom. The topological polar surface area (TPSA) is 35.3 Å². The molecule has 0 unspecified atom stereocenters. The van der Waals surface area contributed by atoms with Crippen LogP contribution >= 0.6 is 27.3 Å². The van der Waals surface area contributed by atoms with Crippen molar-refractivity contribution in [3.63, 3.8) is 0 Å². The molecule has 2 aromatic heterocycles. The predicted octanol–water partition coefficient (Wildman–Crippen LogP) is 5.05. The van der Waals surface area contributed by atoms with Crippen molar-refractivity contribution in [3.8, 4) is 16.5 Å². The molecule has 20 heavy (non-hydrogen) atoms. The van der Waals surface area contributed by atoms with Gasteiger partial charge in [-0.25, -0.2) is 4.98 Å². The number of thiophene rings is 1. The summed E-state index contributed by atoms with van der Waals surface area (Å²) in [7, 11) is 0. The monoisotopic (exact) mass is 349 g/mol. The SMILES string of the molecule is Cc1oc(-c2ccc(Br)s2)nc1COc1ccccc1. The second kappa shape index (κ2) is 5.81. The highest BCUT2D eigenvalue weighted by molar-refractivity contribution is 9.11. The van der Waals surface area contributed by atoms with Gasteiger partial charge in [0.05, 0.1) is 8.66 Å². The lowest BCUT2D eigenvalue weighted by Crippen LogP contribution is -1.97. The number of hydrogen-bond donors (Lipinski definition) is 0. The number of aromatic nitrogens is 1. The molecule has 0 fully saturated rings. The standard InChI is InChI=1S/C15H12BrNO2S/c1-10-12(9-18-11-5-3-2-4-6-11)17-15(19-10)13-7-8-14(16)20-13/h2-8H,9H2,1H3. The van der Waals surface area contributed by atoms with Gasteiger partial charge in [0.25, 0.3) is 0 Å². The van der Waals surface area contributed by atoms with Crippen LogP contribution in [0.25, 0.3) is 10.8 Å². The Morgan fingerprint density at radius 3 is 2.70 bits per heavy atom. The maximum atomic E-state index is 5.70. The van der Waals surface area contributed by atoms with E-state index in [9.17, 15) is 0 Å². The molecule has 5 heteroatoms. The summed E-state index contributed by atoms with van der Waals surface area (Å²) in [6.07, 6.45) is 0. The maximum absolute atomic E-state index is 5.70. The van der Waals surface area contributed by atoms with E-state index < -0.39 is 0 Å². The van der Waals surface area contributed by atoms with E-state index in [1.807, 2.05) is 49.4 Å². The Kier molecular flexibility index (Phi) is 3.89. The van der Waals surface area contributed by atoms with Crippen molar-refractivity contribution >= 4 is 27.3 Å². The summed E-state index contributed by atoms with van der Waals surface area (Å²) >= 11 is 5.04. The van der Waals surface area contributed by atoms with Crippen molar-refractivity contribution in [1.82, 2.24) is 4.98 Å². The highest BCUT2D eigenvalue weighted by Crippen LogP contribution is 2.31. The molecule has 0 radical (unpaired) electrons. The van der Waals surface area contributed by atoms with Gasteiger partial charge in [0.15, 0.2) is 0 Å². The molecule has 0 saturated carbocycles. The van der Waals surface area contributed by atoms with Crippen LogP contribution in [-0.4, -0.2) is 4.98 Å². The summed E-state index contributed by atoms with van der Waals surface area (Å²) in [5, 5.41) is 0. The molecule has 3 aromatic rings. The highest BCUT2D eigenvalue weighted by atomic mass is 79.9. The predicted molar refractivity (Wildman–Crippen MR) is 83.0 cm³/mol. The second-order valence-electron chi connectivity index (χ2n) is 4.23. The van der Waals surface area contributed by atoms with Gasteiger partial charge >= 0.3 is 0 Å². The first-order valence-electron chi connectivity index (χ1n) is 6.12. The van der Waals surface area contributed by atoms with Gasteiger partial charge in [0.2, 0.25) is 5.89 Å². The second-order valence-corrected chi connectivity index (χ2v) is 6.69. The number of hydrogen-bond acceptors (Lipinski definition) is 4. The Bertz CT molecular complexity index is 706. The Morgan fingerprint density at radius 2 is 2.00 bits per heavy atom. The average Bonchev–Trinajstić information content (AvgIpc) is 3.04. The van der Waals surface area contributed by atoms with Gasteiger partial charge in [-0.05, 0) is 47.1 Å². The van der Waals surface area contributed by atoms with E-state index in [-0.39, 0.29) is 0 Å². The summed E-state index contributed by atoms with van der Waals surface area (Å²) in [6, 6.07) is 13.7. The fourth-order valence-corrected chi connectivity index (χ4v) is 3.08. The van der Waals surface area contributed by atoms with Crippen LogP contribution in [0.2, 0.25) is 0 Å². The van der Waals surface area contributed by atoms with Crippen molar-refractivity contribution < 1.29 is 9.15 Å². The first-order valence-corrected chi connectivity index (χ1v) is 7.73. The van der Waals surface area contributed by atoms with E-state index in [1.165, 1.54) is 0 Å². The first kappa shape index (κ1) is 13.4. The fraction of sp³-hybridized carbons (Fsp3) is 0.133. The zero-order valence-electron chi connectivity index (χ0n) is 10.8. The zero-order valence-corrected chi connectivity index (χ0v) is 13.2. The number of rotatable bonds is 4. The molecule has 0 N–H and O–H groups in total. The first-order chi connectivity index (χ1) is 9.72. The molecule has 0 saturated heterocycles. The van der Waals surface area contributed by atoms with Crippen LogP contribution in [0.5, 0.6) is 5.75 Å². The molecule has 0 aliphatic rings. The summed E-state index contributed by atoms with van der Waals surface area (Å²) in [5.74, 6) is 2.26. The minimum Gasteiger partial charge on any atom is -0.487 e. The Labute approximate surface area is 129 Å². The van der Waals surface area contributed by atoms with E-state index in [4.69, 9.17) is 9.15 Å². The van der Waals surface area contributed by atoms with E-state index in [0.29, 0.717) is 12.5 Å². The van der Waals surface area contributed by atoms with Crippen LogP contribution in [0, 0.1) is 6.92 Å². The Balaban J connectivity index is 1.76. The van der Waals surface area contributed by atoms with Gasteiger partial charge in [-0.2, -0.15) is 0 Å². The summed E-state index contributed by atoms with van der Waals surface area (Å²) in [4.78, 5) is 5.51. The smallest absolute Gasteiger partial charge is 0.236 e. The van der Waals surface area contributed by atoms with Gasteiger partial charge < -0.3 is 9.15 Å². The molecule has 0 bridgehead atoms. The van der Waals surface area contributed by atoms with E-state index in [0.717, 1.165) is 25.9 Å². The van der Waals surface area contributed by atoms with Gasteiger partial charge in [-0.3, -0.25) is 0 Å². The summed E-state index contributed by atoms with van der Waals surface area (Å²) in [6.45, 7) is 2.31. The number of benzene rings is 1. The molecule has 0 atom stereocenters. The lowest BCUT2D eigenvalue weighted by molar-refractivity contribution is 0.299. The highest BCUT2D eigenvalue weighted by Gasteiger charge is 2.13. The maximum Gasteiger partial charge on any atom is 0.236 e. The fourth-order valence-electron chi connectivity index (χ4n) is 1.76. The zero-order chi connectivity index (χ0) is 13.9. The van der Waals surface area contributed by atoms with E-state index in [2.05, 4.69) is 20.9 Å². The molecule has 2 heterocycles. The number of halogens is 1. The number of oxazole rings is 1. The lowest BCUT2D eigenvalue weighted by atomic mass is 10.3. The molecule has 3 rings (SSSR count). The third kappa shape index (κ3) is 2.94. The largest absolute Gasteiger partial charge is 0.487 e. The molecule has 1 aromatic carbocycles.